The molecule has 2 unspecified atom stereocenters. The second kappa shape index (κ2) is 15.5. The first kappa shape index (κ1) is 32.8. The van der Waals surface area contributed by atoms with E-state index in [1.807, 2.05) is 50.2 Å². The van der Waals surface area contributed by atoms with Crippen LogP contribution in [0.25, 0.3) is 0 Å². The molecular weight excluding hydrogens is 558 g/mol. The van der Waals surface area contributed by atoms with Crippen molar-refractivity contribution in [1.82, 2.24) is 15.5 Å². The van der Waals surface area contributed by atoms with Crippen LogP contribution in [0.1, 0.15) is 49.8 Å². The van der Waals surface area contributed by atoms with Crippen molar-refractivity contribution in [3.05, 3.63) is 64.2 Å². The van der Waals surface area contributed by atoms with Gasteiger partial charge in [0.15, 0.2) is 0 Å². The van der Waals surface area contributed by atoms with Crippen LogP contribution in [-0.4, -0.2) is 74.3 Å². The first-order valence-electron chi connectivity index (χ1n) is 14.3. The highest BCUT2D eigenvalue weighted by Gasteiger charge is 2.49. The zero-order valence-electron chi connectivity index (χ0n) is 24.7. The topological polar surface area (TPSA) is 129 Å². The lowest BCUT2D eigenvalue weighted by Gasteiger charge is -2.24. The van der Waals surface area contributed by atoms with Crippen LogP contribution >= 0.6 is 11.6 Å². The van der Waals surface area contributed by atoms with Gasteiger partial charge in [0.1, 0.15) is 17.9 Å². The highest BCUT2D eigenvalue weighted by Crippen LogP contribution is 2.36. The van der Waals surface area contributed by atoms with Crippen molar-refractivity contribution in [3.63, 3.8) is 0 Å². The lowest BCUT2D eigenvalue weighted by Crippen LogP contribution is -2.46. The van der Waals surface area contributed by atoms with Gasteiger partial charge in [0.25, 0.3) is 5.91 Å². The molecule has 1 saturated heterocycles. The summed E-state index contributed by atoms with van der Waals surface area (Å²) in [5.74, 6) is -0.169. The predicted molar refractivity (Wildman–Crippen MR) is 164 cm³/mol. The number of amidine groups is 1. The number of nitrogens with zero attached hydrogens (tertiary/aromatic N) is 2. The van der Waals surface area contributed by atoms with E-state index >= 15 is 0 Å². The van der Waals surface area contributed by atoms with Gasteiger partial charge in [-0.25, -0.2) is 0 Å². The van der Waals surface area contributed by atoms with Gasteiger partial charge in [-0.05, 0) is 61.1 Å². The van der Waals surface area contributed by atoms with Gasteiger partial charge >= 0.3 is 0 Å². The number of fused-ring (bicyclic) bond motifs is 1. The minimum atomic E-state index is -0.937. The summed E-state index contributed by atoms with van der Waals surface area (Å²) in [4.78, 5) is 54.3. The van der Waals surface area contributed by atoms with Crippen LogP contribution < -0.4 is 16.0 Å². The lowest BCUT2D eigenvalue weighted by atomic mass is 9.91. The zero-order chi connectivity index (χ0) is 30.7. The maximum absolute atomic E-state index is 13.7. The molecule has 2 atom stereocenters. The van der Waals surface area contributed by atoms with Gasteiger partial charge in [-0.3, -0.25) is 29.1 Å². The smallest absolute Gasteiger partial charge is 0.256 e. The van der Waals surface area contributed by atoms with Gasteiger partial charge < -0.3 is 20.7 Å². The molecule has 2 aromatic rings. The van der Waals surface area contributed by atoms with E-state index in [9.17, 15) is 14.4 Å². The van der Waals surface area contributed by atoms with E-state index in [0.29, 0.717) is 67.4 Å². The summed E-state index contributed by atoms with van der Waals surface area (Å²) in [7, 11) is 3.20. The number of hydrogen-bond donors (Lipinski definition) is 3. The summed E-state index contributed by atoms with van der Waals surface area (Å²) in [6.45, 7) is 4.85. The van der Waals surface area contributed by atoms with Crippen molar-refractivity contribution < 1.29 is 23.9 Å². The van der Waals surface area contributed by atoms with Crippen molar-refractivity contribution >= 4 is 47.3 Å². The van der Waals surface area contributed by atoms with E-state index in [1.54, 1.807) is 20.2 Å². The van der Waals surface area contributed by atoms with Gasteiger partial charge in [-0.2, -0.15) is 0 Å². The number of hydrogen-bond acceptors (Lipinski definition) is 6. The summed E-state index contributed by atoms with van der Waals surface area (Å²) in [6.07, 6.45) is 3.70. The van der Waals surface area contributed by atoms with E-state index in [4.69, 9.17) is 26.1 Å². The minimum Gasteiger partial charge on any atom is -0.381 e. The highest BCUT2D eigenvalue weighted by atomic mass is 35.5. The van der Waals surface area contributed by atoms with Gasteiger partial charge in [-0.1, -0.05) is 43.6 Å². The van der Waals surface area contributed by atoms with E-state index in [1.165, 1.54) is 4.90 Å². The molecule has 0 bridgehead atoms. The Morgan fingerprint density at radius 2 is 1.81 bits per heavy atom. The van der Waals surface area contributed by atoms with Gasteiger partial charge in [0.05, 0.1) is 5.02 Å². The molecule has 226 valence electrons. The second-order valence-electron chi connectivity index (χ2n) is 9.96. The molecule has 1 fully saturated rings. The molecular formula is C31H40ClN5O5. The Labute approximate surface area is 252 Å². The number of amides is 4. The molecule has 0 radical (unpaired) electrons. The summed E-state index contributed by atoms with van der Waals surface area (Å²) in [6, 6.07) is 12.9. The average Bonchev–Trinajstić information content (AvgIpc) is 3.43. The zero-order valence-corrected chi connectivity index (χ0v) is 25.4. The monoisotopic (exact) mass is 597 g/mol. The number of benzene rings is 2. The maximum Gasteiger partial charge on any atom is 0.256 e. The Morgan fingerprint density at radius 1 is 1.10 bits per heavy atom. The van der Waals surface area contributed by atoms with Gasteiger partial charge in [0, 0.05) is 50.9 Å². The van der Waals surface area contributed by atoms with Crippen LogP contribution in [0.2, 0.25) is 5.02 Å². The van der Waals surface area contributed by atoms with Crippen molar-refractivity contribution in [3.8, 4) is 0 Å². The Morgan fingerprint density at radius 3 is 2.50 bits per heavy atom. The first-order chi connectivity index (χ1) is 20.3. The number of anilines is 1. The normalized spacial score (nSPS) is 20.6. The van der Waals surface area contributed by atoms with Crippen LogP contribution in [0.5, 0.6) is 0 Å². The number of aliphatic imine (C=N–C) groups is 1. The van der Waals surface area contributed by atoms with E-state index < -0.39 is 5.54 Å². The molecule has 4 amide bonds. The number of rotatable bonds is 6. The second-order valence-corrected chi connectivity index (χ2v) is 10.4. The summed E-state index contributed by atoms with van der Waals surface area (Å²) < 4.78 is 5.59. The van der Waals surface area contributed by atoms with Crippen LogP contribution in [0.15, 0.2) is 47.5 Å². The maximum atomic E-state index is 13.7. The van der Waals surface area contributed by atoms with Crippen molar-refractivity contribution in [2.45, 2.75) is 51.5 Å². The Balaban J connectivity index is 0.000000745. The average molecular weight is 598 g/mol. The largest absolute Gasteiger partial charge is 0.381 e. The Hall–Kier alpha value is -3.76. The summed E-state index contributed by atoms with van der Waals surface area (Å²) in [5, 5.41) is 8.35. The molecule has 0 saturated carbocycles. The predicted octanol–water partition coefficient (Wildman–Crippen LogP) is 3.36. The molecule has 0 aromatic heterocycles. The number of nitrogens with one attached hydrogen (secondary N) is 3. The number of halogens is 1. The third kappa shape index (κ3) is 7.54. The number of carbonyl (C=O) groups is 4. The van der Waals surface area contributed by atoms with Gasteiger partial charge in [-0.15, -0.1) is 0 Å². The number of ether oxygens (including phenoxy) is 1. The summed E-state index contributed by atoms with van der Waals surface area (Å²) >= 11 is 6.47. The quantitative estimate of drug-likeness (QED) is 0.440. The van der Waals surface area contributed by atoms with Crippen LogP contribution in [0.4, 0.5) is 5.69 Å². The fraction of sp³-hybridized carbons (Fsp3) is 0.452. The third-order valence-electron chi connectivity index (χ3n) is 7.33. The van der Waals surface area contributed by atoms with Crippen LogP contribution in [0, 0.1) is 5.92 Å². The minimum absolute atomic E-state index is 0.0218. The van der Waals surface area contributed by atoms with E-state index in [-0.39, 0.29) is 30.2 Å². The molecule has 2 aromatic carbocycles. The summed E-state index contributed by atoms with van der Waals surface area (Å²) in [5.41, 5.74) is 2.49. The van der Waals surface area contributed by atoms with Crippen LogP contribution in [0.3, 0.4) is 0 Å². The molecule has 11 heteroatoms. The first-order valence-corrected chi connectivity index (χ1v) is 14.7. The molecule has 3 N–H and O–H groups in total. The lowest BCUT2D eigenvalue weighted by molar-refractivity contribution is -0.134. The fourth-order valence-corrected chi connectivity index (χ4v) is 5.56. The third-order valence-corrected chi connectivity index (χ3v) is 7.66. The molecule has 10 nitrogen and oxygen atoms in total. The fourth-order valence-electron chi connectivity index (χ4n) is 5.34. The van der Waals surface area contributed by atoms with Crippen LogP contribution in [-0.2, 0) is 36.8 Å². The molecule has 1 aliphatic carbocycles. The Bertz CT molecular complexity index is 1310. The molecule has 2 heterocycles. The molecule has 5 rings (SSSR count). The number of carbonyl (C=O) groups excluding carboxylic acids is 4. The SMILES string of the molecule is CC.CNC(=O)C1Cc2ccc(NC(=O)CN3C(=O)C4(CCCOCC4)N=C3c3ccccc3Cl)cc2C1.CNC=O. The van der Waals surface area contributed by atoms with Gasteiger partial charge in [0.2, 0.25) is 18.2 Å². The van der Waals surface area contributed by atoms with Crippen molar-refractivity contribution in [2.75, 3.05) is 39.2 Å². The highest BCUT2D eigenvalue weighted by molar-refractivity contribution is 6.35. The van der Waals surface area contributed by atoms with E-state index in [0.717, 1.165) is 17.5 Å². The molecule has 1 spiro atoms. The standard InChI is InChI=1S/C27H29ClN4O4.C2H5NO.C2H6/c1-29-25(34)19-13-17-7-8-20(15-18(17)14-19)30-23(33)16-32-24(21-5-2-3-6-22(21)28)31-27(26(32)35)9-4-11-36-12-10-27;1-3-2-4;1-2/h2-3,5-8,15,19H,4,9-14,16H2,1H3,(H,29,34)(H,30,33);2H,1H3,(H,3,4);1-2H3. The van der Waals surface area contributed by atoms with Crippen molar-refractivity contribution in [2.24, 2.45) is 10.9 Å². The Kier molecular flexibility index (Phi) is 12.1. The van der Waals surface area contributed by atoms with Crippen molar-refractivity contribution in [1.29, 1.82) is 0 Å². The molecule has 2 aliphatic heterocycles. The van der Waals surface area contributed by atoms with E-state index in [2.05, 4.69) is 16.0 Å². The molecule has 3 aliphatic rings. The molecule has 42 heavy (non-hydrogen) atoms.